The maximum atomic E-state index is 11.4. The molecule has 0 aliphatic carbocycles. The van der Waals surface area contributed by atoms with Crippen molar-refractivity contribution in [3.05, 3.63) is 0 Å². The summed E-state index contributed by atoms with van der Waals surface area (Å²) in [5.41, 5.74) is 4.88. The highest BCUT2D eigenvalue weighted by molar-refractivity contribution is 5.84. The van der Waals surface area contributed by atoms with Crippen LogP contribution in [0.4, 0.5) is 0 Å². The van der Waals surface area contributed by atoms with Crippen molar-refractivity contribution in [3.8, 4) is 0 Å². The first-order chi connectivity index (χ1) is 7.96. The van der Waals surface area contributed by atoms with Crippen LogP contribution in [0.2, 0.25) is 0 Å². The molecule has 1 amide bonds. The van der Waals surface area contributed by atoms with E-state index in [1.54, 1.807) is 0 Å². The van der Waals surface area contributed by atoms with Gasteiger partial charge in [-0.1, -0.05) is 20.3 Å². The fraction of sp³-hybridized carbons (Fsp3) is 0.923. The van der Waals surface area contributed by atoms with E-state index in [-0.39, 0.29) is 5.91 Å². The van der Waals surface area contributed by atoms with Crippen LogP contribution < -0.4 is 11.1 Å². The van der Waals surface area contributed by atoms with Gasteiger partial charge in [0, 0.05) is 0 Å². The molecule has 102 valence electrons. The molecule has 0 bridgehead atoms. The first kappa shape index (κ1) is 16.4. The summed E-state index contributed by atoms with van der Waals surface area (Å²) in [6, 6.07) is 0. The van der Waals surface area contributed by atoms with Gasteiger partial charge in [0.15, 0.2) is 0 Å². The quantitative estimate of drug-likeness (QED) is 0.609. The second-order valence-corrected chi connectivity index (χ2v) is 4.99. The van der Waals surface area contributed by atoms with E-state index in [1.165, 1.54) is 12.8 Å². The van der Waals surface area contributed by atoms with Crippen molar-refractivity contribution in [1.82, 2.24) is 10.2 Å². The van der Waals surface area contributed by atoms with Crippen LogP contribution in [0.25, 0.3) is 0 Å². The maximum absolute atomic E-state index is 11.4. The molecule has 17 heavy (non-hydrogen) atoms. The largest absolute Gasteiger partial charge is 0.368 e. The zero-order valence-corrected chi connectivity index (χ0v) is 11.9. The lowest BCUT2D eigenvalue weighted by Crippen LogP contribution is -2.53. The van der Waals surface area contributed by atoms with Gasteiger partial charge in [0.2, 0.25) is 5.91 Å². The summed E-state index contributed by atoms with van der Waals surface area (Å²) in [7, 11) is 2.13. The fourth-order valence-corrected chi connectivity index (χ4v) is 1.93. The average molecular weight is 243 g/mol. The Labute approximate surface area is 106 Å². The summed E-state index contributed by atoms with van der Waals surface area (Å²) >= 11 is 0. The minimum atomic E-state index is -0.555. The molecule has 4 nitrogen and oxygen atoms in total. The molecule has 4 heteroatoms. The maximum Gasteiger partial charge on any atom is 0.237 e. The Bertz CT molecular complexity index is 221. The third kappa shape index (κ3) is 6.64. The monoisotopic (exact) mass is 243 g/mol. The zero-order valence-electron chi connectivity index (χ0n) is 11.9. The van der Waals surface area contributed by atoms with Gasteiger partial charge in [0.1, 0.15) is 0 Å². The molecule has 1 atom stereocenters. The standard InChI is InChI=1S/C13H29N3O/c1-5-7-10-16(4)11-8-9-13(3,12(14)17)15-6-2/h15H,5-11H2,1-4H3,(H2,14,17). The SMILES string of the molecule is CCCCN(C)CCCC(C)(NCC)C(N)=O. The van der Waals surface area contributed by atoms with E-state index in [2.05, 4.69) is 24.2 Å². The molecule has 0 saturated carbocycles. The number of nitrogens with zero attached hydrogens (tertiary/aromatic N) is 1. The summed E-state index contributed by atoms with van der Waals surface area (Å²) in [6.45, 7) is 9.01. The number of unbranched alkanes of at least 4 members (excludes halogenated alkanes) is 1. The Morgan fingerprint density at radius 1 is 1.29 bits per heavy atom. The summed E-state index contributed by atoms with van der Waals surface area (Å²) < 4.78 is 0. The number of likely N-dealkylation sites (N-methyl/N-ethyl adjacent to an activating group) is 1. The Morgan fingerprint density at radius 3 is 2.35 bits per heavy atom. The molecule has 0 saturated heterocycles. The van der Waals surface area contributed by atoms with Crippen LogP contribution in [0.3, 0.4) is 0 Å². The van der Waals surface area contributed by atoms with E-state index in [1.807, 2.05) is 13.8 Å². The third-order valence-electron chi connectivity index (χ3n) is 3.22. The molecule has 0 aliphatic heterocycles. The summed E-state index contributed by atoms with van der Waals surface area (Å²) in [6.07, 6.45) is 4.25. The van der Waals surface area contributed by atoms with Gasteiger partial charge in [-0.15, -0.1) is 0 Å². The molecular formula is C13H29N3O. The Hall–Kier alpha value is -0.610. The number of primary amides is 1. The molecule has 0 aromatic heterocycles. The van der Waals surface area contributed by atoms with Gasteiger partial charge in [0.05, 0.1) is 5.54 Å². The normalized spacial score (nSPS) is 14.9. The van der Waals surface area contributed by atoms with Gasteiger partial charge in [-0.25, -0.2) is 0 Å². The molecule has 0 heterocycles. The van der Waals surface area contributed by atoms with Crippen LogP contribution in [-0.2, 0) is 4.79 Å². The number of hydrogen-bond acceptors (Lipinski definition) is 3. The van der Waals surface area contributed by atoms with Crippen LogP contribution in [-0.4, -0.2) is 43.0 Å². The number of nitrogens with one attached hydrogen (secondary N) is 1. The number of amides is 1. The average Bonchev–Trinajstić information content (AvgIpc) is 2.26. The molecule has 0 rings (SSSR count). The van der Waals surface area contributed by atoms with E-state index in [0.29, 0.717) is 0 Å². The van der Waals surface area contributed by atoms with Gasteiger partial charge >= 0.3 is 0 Å². The fourth-order valence-electron chi connectivity index (χ4n) is 1.93. The van der Waals surface area contributed by atoms with Crippen molar-refractivity contribution in [2.75, 3.05) is 26.7 Å². The van der Waals surface area contributed by atoms with E-state index in [9.17, 15) is 4.79 Å². The molecular weight excluding hydrogens is 214 g/mol. The lowest BCUT2D eigenvalue weighted by Gasteiger charge is -2.28. The Morgan fingerprint density at radius 2 is 1.88 bits per heavy atom. The highest BCUT2D eigenvalue weighted by Crippen LogP contribution is 2.12. The van der Waals surface area contributed by atoms with E-state index >= 15 is 0 Å². The number of rotatable bonds is 10. The van der Waals surface area contributed by atoms with Crippen molar-refractivity contribution >= 4 is 5.91 Å². The zero-order chi connectivity index (χ0) is 13.3. The number of carbonyl (C=O) groups excluding carboxylic acids is 1. The van der Waals surface area contributed by atoms with Crippen LogP contribution in [0.1, 0.15) is 46.5 Å². The highest BCUT2D eigenvalue weighted by Gasteiger charge is 2.28. The second kappa shape index (κ2) is 8.48. The van der Waals surface area contributed by atoms with Crippen molar-refractivity contribution < 1.29 is 4.79 Å². The van der Waals surface area contributed by atoms with E-state index in [4.69, 9.17) is 5.73 Å². The lowest BCUT2D eigenvalue weighted by molar-refractivity contribution is -0.124. The molecule has 0 radical (unpaired) electrons. The highest BCUT2D eigenvalue weighted by atomic mass is 16.1. The smallest absolute Gasteiger partial charge is 0.237 e. The molecule has 1 unspecified atom stereocenters. The van der Waals surface area contributed by atoms with Crippen molar-refractivity contribution in [3.63, 3.8) is 0 Å². The molecule has 0 aliphatic rings. The van der Waals surface area contributed by atoms with Gasteiger partial charge in [-0.3, -0.25) is 4.79 Å². The second-order valence-electron chi connectivity index (χ2n) is 4.99. The van der Waals surface area contributed by atoms with Crippen molar-refractivity contribution in [2.45, 2.75) is 52.0 Å². The van der Waals surface area contributed by atoms with E-state index < -0.39 is 5.54 Å². The van der Waals surface area contributed by atoms with Crippen LogP contribution in [0.5, 0.6) is 0 Å². The van der Waals surface area contributed by atoms with Crippen LogP contribution >= 0.6 is 0 Å². The van der Waals surface area contributed by atoms with Crippen LogP contribution in [0.15, 0.2) is 0 Å². The molecule has 0 spiro atoms. The Kier molecular flexibility index (Phi) is 8.17. The van der Waals surface area contributed by atoms with Crippen molar-refractivity contribution in [1.29, 1.82) is 0 Å². The summed E-state index contributed by atoms with van der Waals surface area (Å²) in [5.74, 6) is -0.254. The molecule has 0 aromatic carbocycles. The van der Waals surface area contributed by atoms with E-state index in [0.717, 1.165) is 32.5 Å². The topological polar surface area (TPSA) is 58.4 Å². The first-order valence-electron chi connectivity index (χ1n) is 6.69. The minimum Gasteiger partial charge on any atom is -0.368 e. The molecule has 3 N–H and O–H groups in total. The summed E-state index contributed by atoms with van der Waals surface area (Å²) in [5, 5.41) is 3.18. The number of hydrogen-bond donors (Lipinski definition) is 2. The lowest BCUT2D eigenvalue weighted by atomic mass is 9.94. The van der Waals surface area contributed by atoms with Crippen molar-refractivity contribution in [2.24, 2.45) is 5.73 Å². The first-order valence-corrected chi connectivity index (χ1v) is 6.69. The van der Waals surface area contributed by atoms with Gasteiger partial charge < -0.3 is 16.0 Å². The number of nitrogens with two attached hydrogens (primary N) is 1. The predicted molar refractivity (Wildman–Crippen MR) is 72.9 cm³/mol. The van der Waals surface area contributed by atoms with Gasteiger partial charge in [-0.2, -0.15) is 0 Å². The molecule has 0 fully saturated rings. The molecule has 0 aromatic rings. The van der Waals surface area contributed by atoms with Gasteiger partial charge in [0.25, 0.3) is 0 Å². The van der Waals surface area contributed by atoms with Crippen LogP contribution in [0, 0.1) is 0 Å². The minimum absolute atomic E-state index is 0.254. The Balaban J connectivity index is 3.94. The third-order valence-corrected chi connectivity index (χ3v) is 3.22. The predicted octanol–water partition coefficient (Wildman–Crippen LogP) is 1.35. The summed E-state index contributed by atoms with van der Waals surface area (Å²) in [4.78, 5) is 13.7. The number of carbonyl (C=O) groups is 1. The van der Waals surface area contributed by atoms with Gasteiger partial charge in [-0.05, 0) is 52.9 Å².